The molecule has 1 aromatic rings. The maximum atomic E-state index is 11.8. The van der Waals surface area contributed by atoms with E-state index in [1.165, 1.54) is 6.92 Å². The predicted molar refractivity (Wildman–Crippen MR) is 73.8 cm³/mol. The van der Waals surface area contributed by atoms with Crippen LogP contribution in [0, 0.1) is 0 Å². The third-order valence-electron chi connectivity index (χ3n) is 2.68. The molecule has 3 N–H and O–H groups in total. The van der Waals surface area contributed by atoms with Gasteiger partial charge in [0.25, 0.3) is 5.91 Å². The molecule has 0 spiro atoms. The van der Waals surface area contributed by atoms with E-state index in [1.807, 2.05) is 0 Å². The standard InChI is InChI=1S/C12H18N2O4S/c1-9(19(17,18)8-7-15)14-12(16)10-3-5-11(13-2)6-4-10/h3-6,9,13,15H,7-8H2,1-2H3,(H,14,16). The molecular weight excluding hydrogens is 268 g/mol. The molecule has 106 valence electrons. The van der Waals surface area contributed by atoms with Gasteiger partial charge in [0.05, 0.1) is 12.4 Å². The number of carbonyl (C=O) groups is 1. The van der Waals surface area contributed by atoms with Crippen molar-refractivity contribution in [2.45, 2.75) is 12.3 Å². The van der Waals surface area contributed by atoms with Gasteiger partial charge in [0, 0.05) is 18.3 Å². The molecule has 0 aliphatic heterocycles. The molecule has 1 amide bonds. The van der Waals surface area contributed by atoms with E-state index in [4.69, 9.17) is 5.11 Å². The van der Waals surface area contributed by atoms with Crippen LogP contribution in [-0.4, -0.2) is 44.2 Å². The zero-order valence-corrected chi connectivity index (χ0v) is 11.7. The van der Waals surface area contributed by atoms with Crippen molar-refractivity contribution >= 4 is 21.4 Å². The zero-order chi connectivity index (χ0) is 14.5. The van der Waals surface area contributed by atoms with Gasteiger partial charge in [0.1, 0.15) is 5.37 Å². The van der Waals surface area contributed by atoms with Crippen LogP contribution in [-0.2, 0) is 9.84 Å². The summed E-state index contributed by atoms with van der Waals surface area (Å²) in [5.41, 5.74) is 1.24. The molecule has 0 fully saturated rings. The summed E-state index contributed by atoms with van der Waals surface area (Å²) in [6, 6.07) is 6.66. The highest BCUT2D eigenvalue weighted by Gasteiger charge is 2.22. The van der Waals surface area contributed by atoms with E-state index in [-0.39, 0.29) is 5.75 Å². The van der Waals surface area contributed by atoms with Gasteiger partial charge in [0.2, 0.25) is 0 Å². The molecule has 0 saturated carbocycles. The fourth-order valence-electron chi connectivity index (χ4n) is 1.45. The van der Waals surface area contributed by atoms with Crippen LogP contribution in [0.5, 0.6) is 0 Å². The summed E-state index contributed by atoms with van der Waals surface area (Å²) in [6.07, 6.45) is 0. The van der Waals surface area contributed by atoms with E-state index in [1.54, 1.807) is 31.3 Å². The molecule has 0 heterocycles. The Kier molecular flexibility index (Phi) is 5.31. The van der Waals surface area contributed by atoms with Crippen LogP contribution in [0.2, 0.25) is 0 Å². The molecule has 19 heavy (non-hydrogen) atoms. The van der Waals surface area contributed by atoms with Crippen LogP contribution < -0.4 is 10.6 Å². The Bertz CT molecular complexity index is 525. The monoisotopic (exact) mass is 286 g/mol. The molecule has 0 aliphatic carbocycles. The SMILES string of the molecule is CNc1ccc(C(=O)NC(C)S(=O)(=O)CCO)cc1. The second-order valence-corrected chi connectivity index (χ2v) is 6.47. The summed E-state index contributed by atoms with van der Waals surface area (Å²) in [5, 5.41) is 12.9. The lowest BCUT2D eigenvalue weighted by Gasteiger charge is -2.14. The van der Waals surface area contributed by atoms with Gasteiger partial charge in [-0.1, -0.05) is 0 Å². The number of nitrogens with one attached hydrogen (secondary N) is 2. The molecule has 0 saturated heterocycles. The highest BCUT2D eigenvalue weighted by molar-refractivity contribution is 7.92. The predicted octanol–water partition coefficient (Wildman–Crippen LogP) is 0.211. The number of carbonyl (C=O) groups excluding carboxylic acids is 1. The van der Waals surface area contributed by atoms with Crippen LogP contribution in [0.25, 0.3) is 0 Å². The number of hydrogen-bond donors (Lipinski definition) is 3. The van der Waals surface area contributed by atoms with Crippen molar-refractivity contribution < 1.29 is 18.3 Å². The number of aliphatic hydroxyl groups excluding tert-OH is 1. The van der Waals surface area contributed by atoms with E-state index in [0.29, 0.717) is 5.56 Å². The Balaban J connectivity index is 2.73. The summed E-state index contributed by atoms with van der Waals surface area (Å²) in [4.78, 5) is 11.8. The van der Waals surface area contributed by atoms with Gasteiger partial charge in [0.15, 0.2) is 9.84 Å². The normalized spacial score (nSPS) is 12.8. The maximum Gasteiger partial charge on any atom is 0.252 e. The van der Waals surface area contributed by atoms with Gasteiger partial charge in [-0.3, -0.25) is 4.79 Å². The molecule has 0 aromatic heterocycles. The number of benzene rings is 1. The average Bonchev–Trinajstić information content (AvgIpc) is 2.38. The van der Waals surface area contributed by atoms with Gasteiger partial charge in [-0.2, -0.15) is 0 Å². The first-order chi connectivity index (χ1) is 8.90. The summed E-state index contributed by atoms with van der Waals surface area (Å²) < 4.78 is 23.2. The fraction of sp³-hybridized carbons (Fsp3) is 0.417. The van der Waals surface area contributed by atoms with Gasteiger partial charge < -0.3 is 15.7 Å². The lowest BCUT2D eigenvalue weighted by molar-refractivity contribution is 0.0950. The van der Waals surface area contributed by atoms with Crippen molar-refractivity contribution in [2.75, 3.05) is 24.7 Å². The Labute approximate surface area is 112 Å². The number of rotatable bonds is 6. The minimum atomic E-state index is -3.52. The van der Waals surface area contributed by atoms with Crippen molar-refractivity contribution in [3.05, 3.63) is 29.8 Å². The molecule has 6 nitrogen and oxygen atoms in total. The summed E-state index contributed by atoms with van der Waals surface area (Å²) in [5.74, 6) is -0.829. The molecule has 0 radical (unpaired) electrons. The number of amides is 1. The van der Waals surface area contributed by atoms with Crippen molar-refractivity contribution in [2.24, 2.45) is 0 Å². The van der Waals surface area contributed by atoms with Crippen LogP contribution in [0.4, 0.5) is 5.69 Å². The number of hydrogen-bond acceptors (Lipinski definition) is 5. The summed E-state index contributed by atoms with van der Waals surface area (Å²) >= 11 is 0. The van der Waals surface area contributed by atoms with Crippen molar-refractivity contribution in [3.63, 3.8) is 0 Å². The zero-order valence-electron chi connectivity index (χ0n) is 10.9. The van der Waals surface area contributed by atoms with Crippen LogP contribution in [0.1, 0.15) is 17.3 Å². The Morgan fingerprint density at radius 2 is 1.89 bits per heavy atom. The number of anilines is 1. The van der Waals surface area contributed by atoms with Crippen molar-refractivity contribution in [1.82, 2.24) is 5.32 Å². The second-order valence-electron chi connectivity index (χ2n) is 4.03. The minimum absolute atomic E-state index is 0.368. The quantitative estimate of drug-likeness (QED) is 0.695. The lowest BCUT2D eigenvalue weighted by atomic mass is 10.2. The Morgan fingerprint density at radius 1 is 1.32 bits per heavy atom. The van der Waals surface area contributed by atoms with E-state index >= 15 is 0 Å². The first-order valence-electron chi connectivity index (χ1n) is 5.82. The van der Waals surface area contributed by atoms with Gasteiger partial charge in [-0.05, 0) is 31.2 Å². The van der Waals surface area contributed by atoms with Crippen LogP contribution in [0.3, 0.4) is 0 Å². The molecule has 0 bridgehead atoms. The highest BCUT2D eigenvalue weighted by Crippen LogP contribution is 2.09. The Morgan fingerprint density at radius 3 is 2.37 bits per heavy atom. The smallest absolute Gasteiger partial charge is 0.252 e. The van der Waals surface area contributed by atoms with E-state index in [2.05, 4.69) is 10.6 Å². The minimum Gasteiger partial charge on any atom is -0.395 e. The molecule has 1 unspecified atom stereocenters. The van der Waals surface area contributed by atoms with Gasteiger partial charge in [-0.25, -0.2) is 8.42 Å². The lowest BCUT2D eigenvalue weighted by Crippen LogP contribution is -2.40. The molecule has 0 aliphatic rings. The van der Waals surface area contributed by atoms with Crippen molar-refractivity contribution in [3.8, 4) is 0 Å². The largest absolute Gasteiger partial charge is 0.395 e. The fourth-order valence-corrected chi connectivity index (χ4v) is 2.34. The van der Waals surface area contributed by atoms with Crippen LogP contribution >= 0.6 is 0 Å². The first-order valence-corrected chi connectivity index (χ1v) is 7.53. The van der Waals surface area contributed by atoms with E-state index in [0.717, 1.165) is 5.69 Å². The average molecular weight is 286 g/mol. The van der Waals surface area contributed by atoms with Gasteiger partial charge in [-0.15, -0.1) is 0 Å². The summed E-state index contributed by atoms with van der Waals surface area (Å²) in [6.45, 7) is 0.921. The Hall–Kier alpha value is -1.60. The second kappa shape index (κ2) is 6.53. The molecular formula is C12H18N2O4S. The summed E-state index contributed by atoms with van der Waals surface area (Å²) in [7, 11) is -1.76. The van der Waals surface area contributed by atoms with Crippen molar-refractivity contribution in [1.29, 1.82) is 0 Å². The number of sulfone groups is 1. The van der Waals surface area contributed by atoms with Crippen LogP contribution in [0.15, 0.2) is 24.3 Å². The third-order valence-corrected chi connectivity index (χ3v) is 4.63. The topological polar surface area (TPSA) is 95.5 Å². The molecule has 7 heteroatoms. The van der Waals surface area contributed by atoms with Gasteiger partial charge >= 0.3 is 0 Å². The molecule has 1 aromatic carbocycles. The number of aliphatic hydroxyl groups is 1. The highest BCUT2D eigenvalue weighted by atomic mass is 32.2. The third kappa shape index (κ3) is 4.22. The van der Waals surface area contributed by atoms with E-state index < -0.39 is 27.7 Å². The molecule has 1 rings (SSSR count). The maximum absolute atomic E-state index is 11.8. The first kappa shape index (κ1) is 15.5. The molecule has 1 atom stereocenters. The van der Waals surface area contributed by atoms with E-state index in [9.17, 15) is 13.2 Å².